The topological polar surface area (TPSA) is 9.23 Å². The number of fused-ring (bicyclic) bond motifs is 2. The van der Waals surface area contributed by atoms with E-state index in [1.165, 1.54) is 31.8 Å². The van der Waals surface area contributed by atoms with Crippen molar-refractivity contribution in [2.45, 2.75) is 19.3 Å². The predicted molar refractivity (Wildman–Crippen MR) is 223 cm³/mol. The van der Waals surface area contributed by atoms with Gasteiger partial charge in [0.2, 0.25) is 0 Å². The second-order valence-electron chi connectivity index (χ2n) is 12.9. The minimum Gasteiger partial charge on any atom is -0.455 e. The molecular weight excluding hydrogens is 642 g/mol. The van der Waals surface area contributed by atoms with Crippen LogP contribution in [-0.4, -0.2) is 0 Å². The van der Waals surface area contributed by atoms with Gasteiger partial charge in [0.05, 0.1) is 0 Å². The molecule has 0 bridgehead atoms. The molecule has 1 aliphatic rings. The maximum atomic E-state index is 7.44. The Balaban J connectivity index is 1.51. The highest BCUT2D eigenvalue weighted by molar-refractivity contribution is 7.80. The summed E-state index contributed by atoms with van der Waals surface area (Å²) in [5.74, 6) is 1.88. The summed E-state index contributed by atoms with van der Waals surface area (Å²) < 4.78 is 7.44. The van der Waals surface area contributed by atoms with Crippen LogP contribution in [0.3, 0.4) is 0 Å². The zero-order valence-electron chi connectivity index (χ0n) is 28.6. The molecule has 0 fully saturated rings. The fourth-order valence-electron chi connectivity index (χ4n) is 6.76. The number of hydrogen-bond acceptors (Lipinski definition) is 1. The molecule has 7 rings (SSSR count). The summed E-state index contributed by atoms with van der Waals surface area (Å²) in [7, 11) is -1.97. The standard InChI is InChI=1S/C47H40OP2/c1-7-33-21-25-39(26-22-33)49(37-17-13-11-14-18-37)43-31-35(9-3)29-41-45(43)48-46-42(47(41,5)6)30-36(10-4)32-44(46)50(38-19-15-12-16-20-38)40-27-23-34(8-2)24-28-40/h7-32H,1-4H2,5-6H3. The molecule has 0 N–H and O–H groups in total. The van der Waals surface area contributed by atoms with Crippen LogP contribution in [0.15, 0.2) is 160 Å². The first-order chi connectivity index (χ1) is 24.4. The molecule has 2 unspecified atom stereocenters. The van der Waals surface area contributed by atoms with Crippen molar-refractivity contribution in [2.75, 3.05) is 0 Å². The van der Waals surface area contributed by atoms with Gasteiger partial charge in [0.25, 0.3) is 0 Å². The van der Waals surface area contributed by atoms with Crippen molar-refractivity contribution in [2.24, 2.45) is 0 Å². The van der Waals surface area contributed by atoms with Gasteiger partial charge in [0.1, 0.15) is 11.5 Å². The fraction of sp³-hybridized carbons (Fsp3) is 0.0638. The molecule has 1 aliphatic heterocycles. The van der Waals surface area contributed by atoms with E-state index in [1.54, 1.807) is 0 Å². The van der Waals surface area contributed by atoms with E-state index in [9.17, 15) is 0 Å². The van der Waals surface area contributed by atoms with E-state index in [0.717, 1.165) is 44.9 Å². The van der Waals surface area contributed by atoms with Crippen LogP contribution in [0, 0.1) is 0 Å². The number of rotatable bonds is 10. The van der Waals surface area contributed by atoms with E-state index < -0.39 is 15.8 Å². The zero-order valence-corrected chi connectivity index (χ0v) is 30.4. The third-order valence-corrected chi connectivity index (χ3v) is 14.4. The summed E-state index contributed by atoms with van der Waals surface area (Å²) in [6, 6.07) is 48.4. The average molecular weight is 683 g/mol. The van der Waals surface area contributed by atoms with E-state index in [4.69, 9.17) is 4.74 Å². The van der Waals surface area contributed by atoms with Gasteiger partial charge in [-0.05, 0) is 83.6 Å². The second kappa shape index (κ2) is 14.0. The highest BCUT2D eigenvalue weighted by Gasteiger charge is 2.40. The maximum absolute atomic E-state index is 7.44. The Kier molecular flexibility index (Phi) is 9.40. The van der Waals surface area contributed by atoms with E-state index in [0.29, 0.717) is 0 Å². The quantitative estimate of drug-likeness (QED) is 0.131. The highest BCUT2D eigenvalue weighted by Crippen LogP contribution is 2.53. The minimum atomic E-state index is -0.986. The van der Waals surface area contributed by atoms with E-state index in [-0.39, 0.29) is 5.41 Å². The molecule has 0 amide bonds. The Morgan fingerprint density at radius 1 is 0.440 bits per heavy atom. The van der Waals surface area contributed by atoms with Gasteiger partial charge < -0.3 is 4.74 Å². The lowest BCUT2D eigenvalue weighted by atomic mass is 9.75. The van der Waals surface area contributed by atoms with Gasteiger partial charge in [-0.3, -0.25) is 0 Å². The normalized spacial score (nSPS) is 13.9. The molecular formula is C47H40OP2. The average Bonchev–Trinajstić information content (AvgIpc) is 3.16. The number of hydrogen-bond donors (Lipinski definition) is 0. The van der Waals surface area contributed by atoms with Crippen LogP contribution in [-0.2, 0) is 5.41 Å². The van der Waals surface area contributed by atoms with Crippen LogP contribution in [0.5, 0.6) is 11.5 Å². The van der Waals surface area contributed by atoms with Crippen LogP contribution in [0.25, 0.3) is 24.3 Å². The van der Waals surface area contributed by atoms with Crippen molar-refractivity contribution in [1.82, 2.24) is 0 Å². The minimum absolute atomic E-state index is 0.376. The summed E-state index contributed by atoms with van der Waals surface area (Å²) in [5.41, 5.74) is 6.31. The van der Waals surface area contributed by atoms with Crippen molar-refractivity contribution in [3.05, 3.63) is 193 Å². The Labute approximate surface area is 299 Å². The molecule has 3 heteroatoms. The first-order valence-electron chi connectivity index (χ1n) is 16.8. The molecule has 1 nitrogen and oxygen atoms in total. The van der Waals surface area contributed by atoms with Crippen molar-refractivity contribution in [3.8, 4) is 11.5 Å². The molecule has 50 heavy (non-hydrogen) atoms. The summed E-state index contributed by atoms with van der Waals surface area (Å²) in [6.45, 7) is 21.1. The van der Waals surface area contributed by atoms with Gasteiger partial charge in [-0.15, -0.1) is 0 Å². The van der Waals surface area contributed by atoms with E-state index in [1.807, 2.05) is 24.3 Å². The molecule has 0 saturated heterocycles. The summed E-state index contributed by atoms with van der Waals surface area (Å²) in [5, 5.41) is 7.40. The lowest BCUT2D eigenvalue weighted by Crippen LogP contribution is -2.33. The zero-order chi connectivity index (χ0) is 34.8. The number of benzene rings is 6. The molecule has 0 saturated carbocycles. The summed E-state index contributed by atoms with van der Waals surface area (Å²) in [6.07, 6.45) is 7.71. The Morgan fingerprint density at radius 3 is 1.12 bits per heavy atom. The lowest BCUT2D eigenvalue weighted by molar-refractivity contribution is 0.424. The van der Waals surface area contributed by atoms with E-state index >= 15 is 0 Å². The van der Waals surface area contributed by atoms with Crippen LogP contribution in [0.1, 0.15) is 47.2 Å². The molecule has 0 spiro atoms. The summed E-state index contributed by atoms with van der Waals surface area (Å²) in [4.78, 5) is 0. The molecule has 6 aromatic rings. The van der Waals surface area contributed by atoms with Gasteiger partial charge >= 0.3 is 0 Å². The van der Waals surface area contributed by atoms with Crippen LogP contribution < -0.4 is 36.6 Å². The second-order valence-corrected chi connectivity index (χ2v) is 17.3. The molecule has 0 aromatic heterocycles. The molecule has 0 radical (unpaired) electrons. The van der Waals surface area contributed by atoms with Gasteiger partial charge in [-0.1, -0.05) is 174 Å². The molecule has 244 valence electrons. The molecule has 0 aliphatic carbocycles. The Hall–Kier alpha value is -5.06. The lowest BCUT2D eigenvalue weighted by Gasteiger charge is -2.39. The SMILES string of the molecule is C=Cc1ccc(P(c2ccccc2)c2cc(C=C)cc3c2Oc2c(P(c4ccccc4)c4ccc(C=C)cc4)cc(C=C)cc2C3(C)C)cc1. The number of ether oxygens (including phenoxy) is 1. The van der Waals surface area contributed by atoms with Gasteiger partial charge in [0.15, 0.2) is 0 Å². The van der Waals surface area contributed by atoms with Gasteiger partial charge in [0, 0.05) is 27.2 Å². The Bertz CT molecular complexity index is 2050. The smallest absolute Gasteiger partial charge is 0.139 e. The molecule has 6 aromatic carbocycles. The first kappa shape index (κ1) is 33.4. The Morgan fingerprint density at radius 2 is 0.780 bits per heavy atom. The van der Waals surface area contributed by atoms with Gasteiger partial charge in [-0.25, -0.2) is 0 Å². The third kappa shape index (κ3) is 6.14. The van der Waals surface area contributed by atoms with Gasteiger partial charge in [-0.2, -0.15) is 0 Å². The monoisotopic (exact) mass is 682 g/mol. The molecule has 2 atom stereocenters. The van der Waals surface area contributed by atoms with Crippen LogP contribution in [0.2, 0.25) is 0 Å². The van der Waals surface area contributed by atoms with E-state index in [2.05, 4.69) is 174 Å². The van der Waals surface area contributed by atoms with Crippen molar-refractivity contribution < 1.29 is 4.74 Å². The maximum Gasteiger partial charge on any atom is 0.139 e. The first-order valence-corrected chi connectivity index (χ1v) is 19.5. The van der Waals surface area contributed by atoms with Crippen molar-refractivity contribution in [3.63, 3.8) is 0 Å². The van der Waals surface area contributed by atoms with Crippen LogP contribution >= 0.6 is 15.8 Å². The van der Waals surface area contributed by atoms with Crippen molar-refractivity contribution in [1.29, 1.82) is 0 Å². The fourth-order valence-corrected chi connectivity index (χ4v) is 11.6. The largest absolute Gasteiger partial charge is 0.455 e. The third-order valence-electron chi connectivity index (χ3n) is 9.49. The highest BCUT2D eigenvalue weighted by atomic mass is 31.1. The van der Waals surface area contributed by atoms with Crippen LogP contribution in [0.4, 0.5) is 0 Å². The molecule has 1 heterocycles. The summed E-state index contributed by atoms with van der Waals surface area (Å²) >= 11 is 0. The predicted octanol–water partition coefficient (Wildman–Crippen LogP) is 10.2. The van der Waals surface area contributed by atoms with Crippen molar-refractivity contribution >= 4 is 72.0 Å².